The lowest BCUT2D eigenvalue weighted by Crippen LogP contribution is -2.40. The van der Waals surface area contributed by atoms with Gasteiger partial charge in [0.15, 0.2) is 5.16 Å². The molecule has 0 aliphatic carbocycles. The molecule has 0 unspecified atom stereocenters. The molecule has 1 fully saturated rings. The van der Waals surface area contributed by atoms with Crippen LogP contribution in [0.25, 0.3) is 0 Å². The molecule has 4 rings (SSSR count). The lowest BCUT2D eigenvalue weighted by atomic mass is 10.1. The van der Waals surface area contributed by atoms with Crippen LogP contribution in [0.4, 0.5) is 4.79 Å². The quantitative estimate of drug-likeness (QED) is 0.593. The minimum Gasteiger partial charge on any atom is -0.410 e. The van der Waals surface area contributed by atoms with E-state index in [1.54, 1.807) is 47.1 Å². The van der Waals surface area contributed by atoms with Crippen molar-refractivity contribution in [1.82, 2.24) is 30.0 Å². The van der Waals surface area contributed by atoms with Gasteiger partial charge in [-0.05, 0) is 30.5 Å². The first kappa shape index (κ1) is 18.9. The molecule has 1 aliphatic rings. The first-order chi connectivity index (χ1) is 13.8. The number of hydrogen-bond acceptors (Lipinski definition) is 7. The van der Waals surface area contributed by atoms with Gasteiger partial charge >= 0.3 is 6.09 Å². The SMILES string of the molecule is O=C(Oc1ccc(CSc2ncc[nH]2)cc1)N1CCC(Sc2nc[nH]n2)CC1. The van der Waals surface area contributed by atoms with E-state index in [2.05, 4.69) is 25.1 Å². The fourth-order valence-electron chi connectivity index (χ4n) is 2.86. The second kappa shape index (κ2) is 9.16. The van der Waals surface area contributed by atoms with Gasteiger partial charge in [0.1, 0.15) is 12.1 Å². The van der Waals surface area contributed by atoms with Crippen LogP contribution in [-0.2, 0) is 5.75 Å². The Morgan fingerprint density at radius 3 is 2.71 bits per heavy atom. The van der Waals surface area contributed by atoms with E-state index in [1.807, 2.05) is 24.3 Å². The third-order valence-electron chi connectivity index (χ3n) is 4.34. The molecular formula is C18H20N6O2S2. The van der Waals surface area contributed by atoms with Gasteiger partial charge < -0.3 is 14.6 Å². The predicted octanol–water partition coefficient (Wildman–Crippen LogP) is 3.58. The summed E-state index contributed by atoms with van der Waals surface area (Å²) in [5.74, 6) is 1.37. The van der Waals surface area contributed by atoms with Crippen molar-refractivity contribution in [3.05, 3.63) is 48.5 Å². The van der Waals surface area contributed by atoms with E-state index < -0.39 is 0 Å². The summed E-state index contributed by atoms with van der Waals surface area (Å²) in [6.45, 7) is 1.36. The molecule has 1 aliphatic heterocycles. The molecule has 3 aromatic rings. The maximum absolute atomic E-state index is 12.4. The van der Waals surface area contributed by atoms with E-state index in [4.69, 9.17) is 4.74 Å². The number of nitrogens with zero attached hydrogens (tertiary/aromatic N) is 4. The standard InChI is InChI=1S/C18H20N6O2S2/c25-18(24-9-5-15(6-10-24)28-17-21-12-22-23-17)26-14-3-1-13(2-4-14)11-27-16-19-7-8-20-16/h1-4,7-8,12,15H,5-6,9-11H2,(H,19,20)(H,21,22,23). The first-order valence-electron chi connectivity index (χ1n) is 8.96. The number of benzene rings is 1. The molecule has 0 spiro atoms. The number of carbonyl (C=O) groups excluding carboxylic acids is 1. The van der Waals surface area contributed by atoms with Crippen molar-refractivity contribution in [3.63, 3.8) is 0 Å². The van der Waals surface area contributed by atoms with Crippen LogP contribution in [0.3, 0.4) is 0 Å². The minimum absolute atomic E-state index is 0.293. The predicted molar refractivity (Wildman–Crippen MR) is 107 cm³/mol. The Labute approximate surface area is 170 Å². The number of amides is 1. The fourth-order valence-corrected chi connectivity index (χ4v) is 4.61. The lowest BCUT2D eigenvalue weighted by molar-refractivity contribution is 0.143. The Balaban J connectivity index is 1.22. The summed E-state index contributed by atoms with van der Waals surface area (Å²) in [6.07, 6.45) is 6.63. The van der Waals surface area contributed by atoms with Crippen LogP contribution >= 0.6 is 23.5 Å². The second-order valence-electron chi connectivity index (χ2n) is 6.28. The van der Waals surface area contributed by atoms with Crippen LogP contribution in [0.5, 0.6) is 5.75 Å². The molecule has 10 heteroatoms. The smallest absolute Gasteiger partial charge is 0.410 e. The highest BCUT2D eigenvalue weighted by atomic mass is 32.2. The number of aromatic nitrogens is 5. The molecule has 1 aromatic carbocycles. The van der Waals surface area contributed by atoms with E-state index in [0.29, 0.717) is 24.1 Å². The van der Waals surface area contributed by atoms with Crippen molar-refractivity contribution in [2.45, 2.75) is 34.2 Å². The van der Waals surface area contributed by atoms with E-state index in [-0.39, 0.29) is 6.09 Å². The number of thioether (sulfide) groups is 2. The zero-order valence-corrected chi connectivity index (χ0v) is 16.7. The average molecular weight is 417 g/mol. The summed E-state index contributed by atoms with van der Waals surface area (Å²) in [5.41, 5.74) is 1.14. The Hall–Kier alpha value is -2.46. The molecule has 1 amide bonds. The number of aromatic amines is 2. The molecule has 1 saturated heterocycles. The molecule has 0 radical (unpaired) electrons. The summed E-state index contributed by atoms with van der Waals surface area (Å²) in [4.78, 5) is 25.6. The number of hydrogen-bond donors (Lipinski definition) is 2. The molecule has 2 N–H and O–H groups in total. The van der Waals surface area contributed by atoms with E-state index >= 15 is 0 Å². The van der Waals surface area contributed by atoms with Gasteiger partial charge in [0.2, 0.25) is 5.16 Å². The number of ether oxygens (including phenoxy) is 1. The maximum Gasteiger partial charge on any atom is 0.415 e. The number of piperidine rings is 1. The molecule has 2 aromatic heterocycles. The van der Waals surface area contributed by atoms with Gasteiger partial charge in [-0.3, -0.25) is 5.10 Å². The number of nitrogens with one attached hydrogen (secondary N) is 2. The lowest BCUT2D eigenvalue weighted by Gasteiger charge is -2.30. The van der Waals surface area contributed by atoms with Gasteiger partial charge in [-0.1, -0.05) is 35.7 Å². The number of rotatable bonds is 6. The molecule has 28 heavy (non-hydrogen) atoms. The van der Waals surface area contributed by atoms with Gasteiger partial charge in [0.25, 0.3) is 0 Å². The highest BCUT2D eigenvalue weighted by Crippen LogP contribution is 2.28. The molecule has 0 bridgehead atoms. The maximum atomic E-state index is 12.4. The van der Waals surface area contributed by atoms with E-state index in [1.165, 1.54) is 0 Å². The summed E-state index contributed by atoms with van der Waals surface area (Å²) in [6, 6.07) is 7.61. The normalized spacial score (nSPS) is 14.9. The summed E-state index contributed by atoms with van der Waals surface area (Å²) >= 11 is 3.28. The minimum atomic E-state index is -0.293. The highest BCUT2D eigenvalue weighted by Gasteiger charge is 2.25. The van der Waals surface area contributed by atoms with Gasteiger partial charge in [0, 0.05) is 36.5 Å². The van der Waals surface area contributed by atoms with Crippen molar-refractivity contribution in [1.29, 1.82) is 0 Å². The number of imidazole rings is 1. The highest BCUT2D eigenvalue weighted by molar-refractivity contribution is 7.99. The molecule has 3 heterocycles. The largest absolute Gasteiger partial charge is 0.415 e. The number of H-pyrrole nitrogens is 2. The Morgan fingerprint density at radius 1 is 1.21 bits per heavy atom. The Morgan fingerprint density at radius 2 is 2.04 bits per heavy atom. The summed E-state index contributed by atoms with van der Waals surface area (Å²) in [7, 11) is 0. The zero-order chi connectivity index (χ0) is 19.2. The van der Waals surface area contributed by atoms with Crippen LogP contribution in [0.2, 0.25) is 0 Å². The third-order valence-corrected chi connectivity index (χ3v) is 6.53. The monoisotopic (exact) mass is 416 g/mol. The van der Waals surface area contributed by atoms with Crippen LogP contribution in [0, 0.1) is 0 Å². The van der Waals surface area contributed by atoms with Crippen molar-refractivity contribution in [2.24, 2.45) is 0 Å². The molecule has 0 atom stereocenters. The van der Waals surface area contributed by atoms with E-state index in [9.17, 15) is 4.79 Å². The molecule has 8 nitrogen and oxygen atoms in total. The van der Waals surface area contributed by atoms with Crippen molar-refractivity contribution in [2.75, 3.05) is 13.1 Å². The van der Waals surface area contributed by atoms with Crippen molar-refractivity contribution < 1.29 is 9.53 Å². The van der Waals surface area contributed by atoms with E-state index in [0.717, 1.165) is 34.5 Å². The average Bonchev–Trinajstić information content (AvgIpc) is 3.42. The first-order valence-corrected chi connectivity index (χ1v) is 10.8. The fraction of sp³-hybridized carbons (Fsp3) is 0.333. The summed E-state index contributed by atoms with van der Waals surface area (Å²) < 4.78 is 5.53. The zero-order valence-electron chi connectivity index (χ0n) is 15.1. The van der Waals surface area contributed by atoms with Gasteiger partial charge in [-0.15, -0.1) is 5.10 Å². The number of carbonyl (C=O) groups is 1. The van der Waals surface area contributed by atoms with Crippen molar-refractivity contribution in [3.8, 4) is 5.75 Å². The van der Waals surface area contributed by atoms with Crippen LogP contribution in [0.1, 0.15) is 18.4 Å². The molecule has 146 valence electrons. The van der Waals surface area contributed by atoms with Crippen LogP contribution in [0.15, 0.2) is 53.3 Å². The second-order valence-corrected chi connectivity index (χ2v) is 8.51. The number of likely N-dealkylation sites (tertiary alicyclic amines) is 1. The van der Waals surface area contributed by atoms with Crippen molar-refractivity contribution >= 4 is 29.6 Å². The molecular weight excluding hydrogens is 396 g/mol. The van der Waals surface area contributed by atoms with Gasteiger partial charge in [-0.2, -0.15) is 0 Å². The van der Waals surface area contributed by atoms with Gasteiger partial charge in [-0.25, -0.2) is 14.8 Å². The van der Waals surface area contributed by atoms with Gasteiger partial charge in [0.05, 0.1) is 0 Å². The topological polar surface area (TPSA) is 99.8 Å². The molecule has 0 saturated carbocycles. The Bertz CT molecular complexity index is 862. The van der Waals surface area contributed by atoms with Crippen LogP contribution in [-0.4, -0.2) is 54.5 Å². The Kier molecular flexibility index (Phi) is 6.17. The van der Waals surface area contributed by atoms with Crippen LogP contribution < -0.4 is 4.74 Å². The third kappa shape index (κ3) is 5.08. The summed E-state index contributed by atoms with van der Waals surface area (Å²) in [5, 5.41) is 8.86.